The van der Waals surface area contributed by atoms with Crippen LogP contribution in [0.4, 0.5) is 5.82 Å². The molecule has 0 saturated heterocycles. The van der Waals surface area contributed by atoms with E-state index in [0.29, 0.717) is 16.9 Å². The number of amides is 1. The molecule has 0 aliphatic heterocycles. The number of nitrogens with two attached hydrogens (primary N) is 1. The van der Waals surface area contributed by atoms with Crippen LogP contribution in [-0.2, 0) is 0 Å². The van der Waals surface area contributed by atoms with Gasteiger partial charge < -0.3 is 16.3 Å². The molecule has 0 radical (unpaired) electrons. The van der Waals surface area contributed by atoms with E-state index in [2.05, 4.69) is 15.5 Å². The van der Waals surface area contributed by atoms with Crippen molar-refractivity contribution in [3.05, 3.63) is 59.8 Å². The molecule has 0 atom stereocenters. The number of anilines is 1. The number of benzene rings is 1. The SMILES string of the molecule is N/C(=N\O)c1ccc(NC(=O)c2ccccc2)nc1. The molecule has 1 aromatic carbocycles. The third-order valence-electron chi connectivity index (χ3n) is 2.44. The van der Waals surface area contributed by atoms with E-state index in [1.807, 2.05) is 6.07 Å². The number of hydrogen-bond acceptors (Lipinski definition) is 4. The molecule has 96 valence electrons. The number of nitrogens with zero attached hydrogens (tertiary/aromatic N) is 2. The van der Waals surface area contributed by atoms with Crippen molar-refractivity contribution >= 4 is 17.6 Å². The van der Waals surface area contributed by atoms with Crippen LogP contribution in [0.1, 0.15) is 15.9 Å². The minimum Gasteiger partial charge on any atom is -0.409 e. The molecule has 1 heterocycles. The third kappa shape index (κ3) is 3.06. The van der Waals surface area contributed by atoms with Crippen molar-refractivity contribution in [2.24, 2.45) is 10.9 Å². The predicted octanol–water partition coefficient (Wildman–Crippen LogP) is 1.43. The van der Waals surface area contributed by atoms with E-state index in [9.17, 15) is 4.79 Å². The Bertz CT molecular complexity index is 594. The Morgan fingerprint density at radius 3 is 2.47 bits per heavy atom. The summed E-state index contributed by atoms with van der Waals surface area (Å²) in [5.41, 5.74) is 6.43. The Balaban J connectivity index is 2.10. The first-order valence-electron chi connectivity index (χ1n) is 5.51. The predicted molar refractivity (Wildman–Crippen MR) is 71.1 cm³/mol. The second kappa shape index (κ2) is 5.63. The normalized spacial score (nSPS) is 11.1. The molecule has 1 aromatic heterocycles. The molecule has 2 aromatic rings. The Morgan fingerprint density at radius 1 is 1.16 bits per heavy atom. The summed E-state index contributed by atoms with van der Waals surface area (Å²) in [6.07, 6.45) is 1.41. The zero-order chi connectivity index (χ0) is 13.7. The molecule has 19 heavy (non-hydrogen) atoms. The van der Waals surface area contributed by atoms with Crippen LogP contribution in [0.15, 0.2) is 53.8 Å². The highest BCUT2D eigenvalue weighted by Crippen LogP contribution is 2.07. The molecule has 6 heteroatoms. The first-order chi connectivity index (χ1) is 9.20. The molecule has 0 saturated carbocycles. The van der Waals surface area contributed by atoms with E-state index < -0.39 is 0 Å². The summed E-state index contributed by atoms with van der Waals surface area (Å²) in [4.78, 5) is 15.9. The molecular weight excluding hydrogens is 244 g/mol. The molecule has 0 spiro atoms. The Labute approximate surface area is 109 Å². The standard InChI is InChI=1S/C13H12N4O2/c14-12(17-19)10-6-7-11(15-8-10)16-13(18)9-4-2-1-3-5-9/h1-8,19H,(H2,14,17)(H,15,16,18). The van der Waals surface area contributed by atoms with Gasteiger partial charge in [0.1, 0.15) is 5.82 Å². The van der Waals surface area contributed by atoms with Crippen molar-refractivity contribution in [3.63, 3.8) is 0 Å². The van der Waals surface area contributed by atoms with E-state index in [1.165, 1.54) is 6.20 Å². The first-order valence-corrected chi connectivity index (χ1v) is 5.51. The molecule has 1 amide bonds. The van der Waals surface area contributed by atoms with Gasteiger partial charge in [-0.25, -0.2) is 4.98 Å². The van der Waals surface area contributed by atoms with Crippen molar-refractivity contribution in [1.82, 2.24) is 4.98 Å². The van der Waals surface area contributed by atoms with Crippen molar-refractivity contribution in [2.45, 2.75) is 0 Å². The Hall–Kier alpha value is -2.89. The van der Waals surface area contributed by atoms with Crippen LogP contribution in [0.2, 0.25) is 0 Å². The van der Waals surface area contributed by atoms with Crippen LogP contribution < -0.4 is 11.1 Å². The van der Waals surface area contributed by atoms with Gasteiger partial charge in [0.15, 0.2) is 5.84 Å². The molecule has 4 N–H and O–H groups in total. The van der Waals surface area contributed by atoms with Crippen LogP contribution in [-0.4, -0.2) is 21.9 Å². The van der Waals surface area contributed by atoms with Gasteiger partial charge in [0.25, 0.3) is 5.91 Å². The van der Waals surface area contributed by atoms with Crippen LogP contribution in [0.5, 0.6) is 0 Å². The summed E-state index contributed by atoms with van der Waals surface area (Å²) in [5, 5.41) is 14.0. The molecule has 0 aliphatic rings. The van der Waals surface area contributed by atoms with Gasteiger partial charge in [0, 0.05) is 17.3 Å². The van der Waals surface area contributed by atoms with Gasteiger partial charge in [0.05, 0.1) is 0 Å². The summed E-state index contributed by atoms with van der Waals surface area (Å²) in [6, 6.07) is 12.0. The van der Waals surface area contributed by atoms with Crippen LogP contribution in [0.25, 0.3) is 0 Å². The molecule has 0 bridgehead atoms. The van der Waals surface area contributed by atoms with Crippen LogP contribution in [0.3, 0.4) is 0 Å². The average molecular weight is 256 g/mol. The largest absolute Gasteiger partial charge is 0.409 e. The second-order valence-electron chi connectivity index (χ2n) is 3.74. The number of rotatable bonds is 3. The summed E-state index contributed by atoms with van der Waals surface area (Å²) < 4.78 is 0. The van der Waals surface area contributed by atoms with E-state index in [0.717, 1.165) is 0 Å². The van der Waals surface area contributed by atoms with Crippen LogP contribution in [0, 0.1) is 0 Å². The fourth-order valence-corrected chi connectivity index (χ4v) is 1.46. The number of aromatic nitrogens is 1. The first kappa shape index (κ1) is 12.6. The van der Waals surface area contributed by atoms with E-state index >= 15 is 0 Å². The quantitative estimate of drug-likeness (QED) is 0.334. The fourth-order valence-electron chi connectivity index (χ4n) is 1.46. The van der Waals surface area contributed by atoms with Gasteiger partial charge in [-0.3, -0.25) is 4.79 Å². The topological polar surface area (TPSA) is 101 Å². The Morgan fingerprint density at radius 2 is 1.89 bits per heavy atom. The van der Waals surface area contributed by atoms with Gasteiger partial charge in [0.2, 0.25) is 0 Å². The number of nitrogens with one attached hydrogen (secondary N) is 1. The van der Waals surface area contributed by atoms with Crippen molar-refractivity contribution in [1.29, 1.82) is 0 Å². The zero-order valence-electron chi connectivity index (χ0n) is 9.95. The lowest BCUT2D eigenvalue weighted by molar-refractivity contribution is 0.102. The fraction of sp³-hybridized carbons (Fsp3) is 0. The Kier molecular flexibility index (Phi) is 3.72. The monoisotopic (exact) mass is 256 g/mol. The van der Waals surface area contributed by atoms with Gasteiger partial charge >= 0.3 is 0 Å². The van der Waals surface area contributed by atoms with Gasteiger partial charge in [-0.2, -0.15) is 0 Å². The summed E-state index contributed by atoms with van der Waals surface area (Å²) >= 11 is 0. The lowest BCUT2D eigenvalue weighted by atomic mass is 10.2. The van der Waals surface area contributed by atoms with Gasteiger partial charge in [-0.15, -0.1) is 0 Å². The van der Waals surface area contributed by atoms with Gasteiger partial charge in [-0.05, 0) is 24.3 Å². The van der Waals surface area contributed by atoms with Crippen molar-refractivity contribution in [3.8, 4) is 0 Å². The maximum Gasteiger partial charge on any atom is 0.256 e. The maximum atomic E-state index is 11.8. The number of amidine groups is 1. The highest BCUT2D eigenvalue weighted by molar-refractivity contribution is 6.04. The molecule has 6 nitrogen and oxygen atoms in total. The van der Waals surface area contributed by atoms with E-state index in [1.54, 1.807) is 36.4 Å². The summed E-state index contributed by atoms with van der Waals surface area (Å²) in [5.74, 6) is 0.112. The average Bonchev–Trinajstić information content (AvgIpc) is 2.48. The molecule has 0 aliphatic carbocycles. The zero-order valence-corrected chi connectivity index (χ0v) is 9.95. The third-order valence-corrected chi connectivity index (χ3v) is 2.44. The molecular formula is C13H12N4O2. The number of pyridine rings is 1. The maximum absolute atomic E-state index is 11.8. The minimum atomic E-state index is -0.246. The molecule has 0 unspecified atom stereocenters. The second-order valence-corrected chi connectivity index (χ2v) is 3.74. The molecule has 2 rings (SSSR count). The van der Waals surface area contributed by atoms with Crippen molar-refractivity contribution < 1.29 is 10.0 Å². The van der Waals surface area contributed by atoms with E-state index in [4.69, 9.17) is 10.9 Å². The highest BCUT2D eigenvalue weighted by atomic mass is 16.4. The lowest BCUT2D eigenvalue weighted by Crippen LogP contribution is -2.15. The highest BCUT2D eigenvalue weighted by Gasteiger charge is 2.06. The summed E-state index contributed by atoms with van der Waals surface area (Å²) in [7, 11) is 0. The number of carbonyl (C=O) groups excluding carboxylic acids is 1. The van der Waals surface area contributed by atoms with Crippen LogP contribution >= 0.6 is 0 Å². The van der Waals surface area contributed by atoms with Gasteiger partial charge in [-0.1, -0.05) is 23.4 Å². The molecule has 0 fully saturated rings. The number of carbonyl (C=O) groups is 1. The number of oxime groups is 1. The minimum absolute atomic E-state index is 0.0339. The lowest BCUT2D eigenvalue weighted by Gasteiger charge is -2.05. The van der Waals surface area contributed by atoms with E-state index in [-0.39, 0.29) is 11.7 Å². The summed E-state index contributed by atoms with van der Waals surface area (Å²) in [6.45, 7) is 0. The van der Waals surface area contributed by atoms with Crippen molar-refractivity contribution in [2.75, 3.05) is 5.32 Å². The number of hydrogen-bond donors (Lipinski definition) is 3. The smallest absolute Gasteiger partial charge is 0.256 e.